The van der Waals surface area contributed by atoms with E-state index < -0.39 is 16.8 Å². The Morgan fingerprint density at radius 3 is 0.805 bits per heavy atom. The fourth-order valence-corrected chi connectivity index (χ4v) is 21.1. The zero-order valence-corrected chi connectivity index (χ0v) is 25.4. The number of para-hydroxylation sites is 3. The van der Waals surface area contributed by atoms with Gasteiger partial charge in [0.15, 0.2) is 0 Å². The Hall–Kier alpha value is -4.24. The van der Waals surface area contributed by atoms with Crippen molar-refractivity contribution in [2.75, 3.05) is 14.7 Å². The van der Waals surface area contributed by atoms with Gasteiger partial charge in [0.05, 0.1) is 0 Å². The predicted octanol–water partition coefficient (Wildman–Crippen LogP) is 8.20. The normalized spacial score (nSPS) is 15.0. The predicted molar refractivity (Wildman–Crippen MR) is 176 cm³/mol. The average Bonchev–Trinajstić information content (AvgIpc) is 3.03. The van der Waals surface area contributed by atoms with E-state index in [1.165, 1.54) is 44.7 Å². The quantitative estimate of drug-likeness (QED) is 0.178. The van der Waals surface area contributed by atoms with Crippen molar-refractivity contribution in [3.8, 4) is 0 Å². The Kier molecular flexibility index (Phi) is 4.94. The van der Waals surface area contributed by atoms with Crippen LogP contribution in [0, 0.1) is 0 Å². The van der Waals surface area contributed by atoms with Crippen molar-refractivity contribution in [3.63, 3.8) is 0 Å². The molecule has 41 heavy (non-hydrogen) atoms. The van der Waals surface area contributed by atoms with Crippen LogP contribution in [-0.2, 0) is 0 Å². The van der Waals surface area contributed by atoms with Crippen LogP contribution >= 0.6 is 9.19 Å². The molecule has 3 heterocycles. The van der Waals surface area contributed by atoms with E-state index in [0.29, 0.717) is 0 Å². The van der Waals surface area contributed by atoms with Gasteiger partial charge in [-0.3, -0.25) is 0 Å². The van der Waals surface area contributed by atoms with Crippen LogP contribution in [0.5, 0.6) is 0 Å². The number of anilines is 9. The molecule has 0 fully saturated rings. The van der Waals surface area contributed by atoms with E-state index in [1.54, 1.807) is 0 Å². The van der Waals surface area contributed by atoms with Crippen molar-refractivity contribution in [1.29, 1.82) is 0 Å². The van der Waals surface area contributed by atoms with Crippen LogP contribution < -0.4 is 25.2 Å². The Labute approximate surface area is 246 Å². The minimum absolute atomic E-state index is 1.15. The molecular formula is C36H24N3SSb. The van der Waals surface area contributed by atoms with E-state index in [-0.39, 0.29) is 0 Å². The summed E-state index contributed by atoms with van der Waals surface area (Å²) in [5.41, 5.74) is 10.8. The van der Waals surface area contributed by atoms with Crippen molar-refractivity contribution in [2.45, 2.75) is 0 Å². The third kappa shape index (κ3) is 3.04. The first-order chi connectivity index (χ1) is 20.3. The molecule has 0 aliphatic carbocycles. The number of benzene rings is 6. The molecule has 0 saturated carbocycles. The number of rotatable bonds is 3. The standard InChI is InChI=1S/C36H24N3.S.Sb/c1-4-13-28(14-5-1)37-31-19-10-21-33(25-31)38(29-15-6-2-7-16-29)35-23-12-24-36(27-35)39(30-17-8-3-9-18-30)34-22-11-20-32(37)26-34;;/h1-24H;;. The van der Waals surface area contributed by atoms with E-state index in [9.17, 15) is 0 Å². The van der Waals surface area contributed by atoms with Crippen molar-refractivity contribution < 1.29 is 0 Å². The molecule has 3 nitrogen and oxygen atoms in total. The van der Waals surface area contributed by atoms with Gasteiger partial charge in [-0.25, -0.2) is 0 Å². The van der Waals surface area contributed by atoms with E-state index in [0.717, 1.165) is 17.1 Å². The van der Waals surface area contributed by atoms with Crippen LogP contribution in [-0.4, -0.2) is 16.8 Å². The molecule has 5 heteroatoms. The molecule has 0 radical (unpaired) electrons. The maximum atomic E-state index is 7.22. The van der Waals surface area contributed by atoms with Gasteiger partial charge in [0, 0.05) is 0 Å². The second-order valence-corrected chi connectivity index (χ2v) is 21.5. The fourth-order valence-electron chi connectivity index (χ4n) is 6.90. The molecule has 0 amide bonds. The summed E-state index contributed by atoms with van der Waals surface area (Å²) in [6, 6.07) is 52.5. The topological polar surface area (TPSA) is 9.72 Å². The van der Waals surface area contributed by atoms with Crippen LogP contribution in [0.25, 0.3) is 0 Å². The van der Waals surface area contributed by atoms with E-state index in [4.69, 9.17) is 9.19 Å². The summed E-state index contributed by atoms with van der Waals surface area (Å²) in [7, 11) is 7.22. The van der Waals surface area contributed by atoms with E-state index >= 15 is 0 Å². The van der Waals surface area contributed by atoms with Crippen molar-refractivity contribution in [1.82, 2.24) is 0 Å². The minimum atomic E-state index is -3.80. The van der Waals surface area contributed by atoms with E-state index in [1.807, 2.05) is 0 Å². The van der Waals surface area contributed by atoms with Gasteiger partial charge in [-0.2, -0.15) is 0 Å². The van der Waals surface area contributed by atoms with Crippen LogP contribution in [0.2, 0.25) is 0 Å². The average molecular weight is 652 g/mol. The monoisotopic (exact) mass is 651 g/mol. The summed E-state index contributed by atoms with van der Waals surface area (Å²) in [6.07, 6.45) is 0. The summed E-state index contributed by atoms with van der Waals surface area (Å²) < 4.78 is 4.09. The number of hydrogen-bond donors (Lipinski definition) is 0. The SMILES string of the molecule is [S]=[Sb]12[c]3c4cccc3N(c3ccccc3)c3cccc([c]31)N(c1ccccc1)c1cccc([c]12)N4c1ccccc1. The van der Waals surface area contributed by atoms with Crippen LogP contribution in [0.15, 0.2) is 146 Å². The second-order valence-electron chi connectivity index (χ2n) is 10.6. The molecular weight excluding hydrogens is 628 g/mol. The Morgan fingerprint density at radius 2 is 0.561 bits per heavy atom. The third-order valence-corrected chi connectivity index (χ3v) is 21.4. The number of nitrogens with zero attached hydrogens (tertiary/aromatic N) is 3. The molecule has 3 aliphatic heterocycles. The zero-order chi connectivity index (χ0) is 27.1. The van der Waals surface area contributed by atoms with Crippen molar-refractivity contribution in [2.24, 2.45) is 0 Å². The van der Waals surface area contributed by atoms with E-state index in [2.05, 4.69) is 160 Å². The first-order valence-corrected chi connectivity index (χ1v) is 21.2. The summed E-state index contributed by atoms with van der Waals surface area (Å²) in [5.74, 6) is 0. The summed E-state index contributed by atoms with van der Waals surface area (Å²) in [6.45, 7) is 0. The first-order valence-electron chi connectivity index (χ1n) is 13.8. The Balaban J connectivity index is 1.48. The van der Waals surface area contributed by atoms with Gasteiger partial charge < -0.3 is 0 Å². The molecule has 194 valence electrons. The van der Waals surface area contributed by atoms with Gasteiger partial charge in [0.25, 0.3) is 0 Å². The van der Waals surface area contributed by atoms with Gasteiger partial charge in [-0.05, 0) is 0 Å². The molecule has 3 aliphatic rings. The molecule has 9 rings (SSSR count). The molecule has 0 saturated heterocycles. The Bertz CT molecular complexity index is 1740. The fraction of sp³-hybridized carbons (Fsp3) is 0. The molecule has 0 N–H and O–H groups in total. The second kappa shape index (κ2) is 8.63. The van der Waals surface area contributed by atoms with Crippen LogP contribution in [0.3, 0.4) is 0 Å². The molecule has 6 aromatic carbocycles. The first kappa shape index (κ1) is 23.5. The molecule has 0 spiro atoms. The van der Waals surface area contributed by atoms with Gasteiger partial charge in [-0.15, -0.1) is 0 Å². The van der Waals surface area contributed by atoms with Crippen LogP contribution in [0.1, 0.15) is 0 Å². The molecule has 0 atom stereocenters. The summed E-state index contributed by atoms with van der Waals surface area (Å²) >= 11 is -3.80. The number of hydrogen-bond acceptors (Lipinski definition) is 4. The summed E-state index contributed by atoms with van der Waals surface area (Å²) in [4.78, 5) is 7.34. The maximum absolute atomic E-state index is 7.22. The van der Waals surface area contributed by atoms with Gasteiger partial charge in [0.1, 0.15) is 0 Å². The summed E-state index contributed by atoms with van der Waals surface area (Å²) in [5, 5.41) is 0. The van der Waals surface area contributed by atoms with Gasteiger partial charge in [-0.1, -0.05) is 0 Å². The van der Waals surface area contributed by atoms with Gasteiger partial charge in [0.2, 0.25) is 0 Å². The molecule has 0 bridgehead atoms. The van der Waals surface area contributed by atoms with Crippen molar-refractivity contribution >= 4 is 87.7 Å². The zero-order valence-electron chi connectivity index (χ0n) is 22.1. The molecule has 0 aromatic heterocycles. The molecule has 0 unspecified atom stereocenters. The van der Waals surface area contributed by atoms with Crippen molar-refractivity contribution in [3.05, 3.63) is 146 Å². The molecule has 6 aromatic rings. The van der Waals surface area contributed by atoms with Crippen LogP contribution in [0.4, 0.5) is 51.2 Å². The van der Waals surface area contributed by atoms with Gasteiger partial charge >= 0.3 is 248 Å². The Morgan fingerprint density at radius 1 is 0.317 bits per heavy atom. The third-order valence-electron chi connectivity index (χ3n) is 8.41.